The molecule has 8 atom stereocenters. The van der Waals surface area contributed by atoms with Gasteiger partial charge < -0.3 is 44.4 Å². The Morgan fingerprint density at radius 2 is 1.87 bits per heavy atom. The van der Waals surface area contributed by atoms with Gasteiger partial charge in [0.05, 0.1) is 18.8 Å². The van der Waals surface area contributed by atoms with Gasteiger partial charge in [-0.3, -0.25) is 4.90 Å². The number of carboxylic acid groups (broad SMARTS) is 1. The van der Waals surface area contributed by atoms with Crippen LogP contribution in [0, 0.1) is 6.92 Å². The number of carbonyl (C=O) groups excluding carboxylic acids is 1. The number of benzene rings is 2. The molecule has 2 aromatic carbocycles. The number of fused-ring (bicyclic) bond motifs is 3. The minimum atomic E-state index is -1.88. The maximum absolute atomic E-state index is 13.1. The molecule has 4 heterocycles. The molecule has 3 aromatic rings. The van der Waals surface area contributed by atoms with Crippen LogP contribution in [0.2, 0.25) is 0 Å². The molecule has 0 spiro atoms. The molecule has 3 fully saturated rings. The van der Waals surface area contributed by atoms with Crippen molar-refractivity contribution in [3.8, 4) is 5.75 Å². The van der Waals surface area contributed by atoms with E-state index in [1.54, 1.807) is 19.2 Å². The van der Waals surface area contributed by atoms with E-state index in [9.17, 15) is 30.0 Å². The standard InChI is InChI=1S/C33H40N2O10/c1-4-43-21-14-20-9-11-33(15-21,35(20)16-23-22-10-12-34-25(22)17(2)13-24(23)42-3)19-7-5-18(6-8-19)31(41)45-32-28(38)26(36)27(37)29(44-32)30(39)40/h5-8,10,12-13,20-21,26-29,32,34,36-38H,4,9,11,14-16H2,1-3H3,(H,39,40)/t20-,21+,26+,27+,28-,29+,32+,33+/m1/s1. The SMILES string of the molecule is CCO[C@H]1C[C@H]2CC[C@@](c3ccc(C(=O)O[C@@H]4O[C@H](C(=O)O)[C@@H](O)[C@H](O)[C@H]4O)cc3)(C1)N2Cc1c(OC)cc(C)c2[nH]ccc12. The van der Waals surface area contributed by atoms with Crippen molar-refractivity contribution in [2.45, 2.75) is 94.5 Å². The number of carbonyl (C=O) groups is 2. The zero-order valence-corrected chi connectivity index (χ0v) is 25.5. The summed E-state index contributed by atoms with van der Waals surface area (Å²) in [5.41, 5.74) is 4.14. The highest BCUT2D eigenvalue weighted by atomic mass is 16.7. The molecule has 3 aliphatic rings. The lowest BCUT2D eigenvalue weighted by atomic mass is 9.79. The van der Waals surface area contributed by atoms with Crippen LogP contribution < -0.4 is 4.74 Å². The molecule has 1 aromatic heterocycles. The Morgan fingerprint density at radius 1 is 1.11 bits per heavy atom. The summed E-state index contributed by atoms with van der Waals surface area (Å²) in [5.74, 6) is -1.59. The van der Waals surface area contributed by atoms with Crippen LogP contribution >= 0.6 is 0 Å². The average Bonchev–Trinajstić information content (AvgIpc) is 3.60. The van der Waals surface area contributed by atoms with Gasteiger partial charge in [-0.25, -0.2) is 9.59 Å². The average molecular weight is 625 g/mol. The highest BCUT2D eigenvalue weighted by Gasteiger charge is 2.53. The van der Waals surface area contributed by atoms with E-state index in [1.165, 1.54) is 0 Å². The highest BCUT2D eigenvalue weighted by molar-refractivity contribution is 5.90. The minimum absolute atomic E-state index is 0.0875. The van der Waals surface area contributed by atoms with Crippen LogP contribution in [0.25, 0.3) is 10.9 Å². The Hall–Kier alpha value is -3.52. The van der Waals surface area contributed by atoms with E-state index in [2.05, 4.69) is 28.9 Å². The first kappa shape index (κ1) is 31.5. The number of nitrogens with zero attached hydrogens (tertiary/aromatic N) is 1. The summed E-state index contributed by atoms with van der Waals surface area (Å²) in [6.45, 7) is 5.36. The third-order valence-electron chi connectivity index (χ3n) is 9.74. The van der Waals surface area contributed by atoms with Crippen molar-refractivity contribution in [2.75, 3.05) is 13.7 Å². The van der Waals surface area contributed by atoms with Gasteiger partial charge in [-0.05, 0) is 74.9 Å². The van der Waals surface area contributed by atoms with Crippen molar-refractivity contribution in [3.63, 3.8) is 0 Å². The molecule has 12 nitrogen and oxygen atoms in total. The molecule has 6 rings (SSSR count). The second kappa shape index (κ2) is 12.3. The van der Waals surface area contributed by atoms with Gasteiger partial charge in [0.15, 0.2) is 6.10 Å². The molecule has 0 unspecified atom stereocenters. The number of piperidine rings is 1. The molecule has 0 aliphatic carbocycles. The number of aromatic nitrogens is 1. The number of nitrogens with one attached hydrogen (secondary N) is 1. The predicted octanol–water partition coefficient (Wildman–Crippen LogP) is 2.59. The number of aliphatic hydroxyl groups excluding tert-OH is 3. The lowest BCUT2D eigenvalue weighted by Crippen LogP contribution is -2.60. The highest BCUT2D eigenvalue weighted by Crippen LogP contribution is 2.53. The molecule has 3 aliphatic heterocycles. The summed E-state index contributed by atoms with van der Waals surface area (Å²) in [6, 6.07) is 11.5. The first-order valence-electron chi connectivity index (χ1n) is 15.3. The van der Waals surface area contributed by atoms with Crippen molar-refractivity contribution in [1.29, 1.82) is 0 Å². The summed E-state index contributed by atoms with van der Waals surface area (Å²) >= 11 is 0. The molecule has 0 amide bonds. The van der Waals surface area contributed by atoms with Crippen molar-refractivity contribution < 1.29 is 49.0 Å². The van der Waals surface area contributed by atoms with Crippen LogP contribution in [0.1, 0.15) is 59.7 Å². The van der Waals surface area contributed by atoms with Gasteiger partial charge in [0.2, 0.25) is 6.29 Å². The molecule has 0 saturated carbocycles. The summed E-state index contributed by atoms with van der Waals surface area (Å²) in [5, 5.41) is 40.7. The quantitative estimate of drug-likeness (QED) is 0.222. The minimum Gasteiger partial charge on any atom is -0.496 e. The number of H-pyrrole nitrogens is 1. The van der Waals surface area contributed by atoms with Gasteiger partial charge in [-0.1, -0.05) is 12.1 Å². The van der Waals surface area contributed by atoms with Gasteiger partial charge in [-0.2, -0.15) is 0 Å². The van der Waals surface area contributed by atoms with Gasteiger partial charge in [0.1, 0.15) is 24.1 Å². The Morgan fingerprint density at radius 3 is 2.56 bits per heavy atom. The zero-order valence-electron chi connectivity index (χ0n) is 25.5. The number of methoxy groups -OCH3 is 1. The number of aromatic amines is 1. The van der Waals surface area contributed by atoms with Gasteiger partial charge in [-0.15, -0.1) is 0 Å². The second-order valence-corrected chi connectivity index (χ2v) is 12.2. The summed E-state index contributed by atoms with van der Waals surface area (Å²) in [6.07, 6.45) is -3.58. The van der Waals surface area contributed by atoms with E-state index < -0.39 is 42.6 Å². The summed E-state index contributed by atoms with van der Waals surface area (Å²) in [4.78, 5) is 30.4. The van der Waals surface area contributed by atoms with Crippen LogP contribution in [0.5, 0.6) is 5.75 Å². The van der Waals surface area contributed by atoms with Gasteiger partial charge >= 0.3 is 11.9 Å². The van der Waals surface area contributed by atoms with Crippen molar-refractivity contribution >= 4 is 22.8 Å². The van der Waals surface area contributed by atoms with Gasteiger partial charge in [0.25, 0.3) is 0 Å². The summed E-state index contributed by atoms with van der Waals surface area (Å²) in [7, 11) is 1.70. The first-order chi connectivity index (χ1) is 21.6. The molecule has 3 saturated heterocycles. The number of carboxylic acids is 1. The largest absolute Gasteiger partial charge is 0.496 e. The lowest BCUT2D eigenvalue weighted by Gasteiger charge is -2.48. The number of aliphatic hydroxyl groups is 3. The molecule has 0 radical (unpaired) electrons. The van der Waals surface area contributed by atoms with E-state index in [0.717, 1.165) is 59.0 Å². The Kier molecular flexibility index (Phi) is 8.63. The molecular formula is C33H40N2O10. The monoisotopic (exact) mass is 624 g/mol. The smallest absolute Gasteiger partial charge is 0.340 e. The Bertz CT molecular complexity index is 1560. The maximum Gasteiger partial charge on any atom is 0.340 e. The Balaban J connectivity index is 1.28. The lowest BCUT2D eigenvalue weighted by molar-refractivity contribution is -0.278. The first-order valence-corrected chi connectivity index (χ1v) is 15.3. The Labute approximate surface area is 260 Å². The molecule has 5 N–H and O–H groups in total. The number of ether oxygens (including phenoxy) is 4. The number of rotatable bonds is 9. The number of hydrogen-bond acceptors (Lipinski definition) is 10. The maximum atomic E-state index is 13.1. The van der Waals surface area contributed by atoms with E-state index in [0.29, 0.717) is 13.2 Å². The van der Waals surface area contributed by atoms with E-state index in [1.807, 2.05) is 25.3 Å². The predicted molar refractivity (Wildman–Crippen MR) is 161 cm³/mol. The van der Waals surface area contributed by atoms with E-state index >= 15 is 0 Å². The topological polar surface area (TPSA) is 171 Å². The van der Waals surface area contributed by atoms with Gasteiger partial charge in [0, 0.05) is 47.4 Å². The summed E-state index contributed by atoms with van der Waals surface area (Å²) < 4.78 is 22.4. The molecular weight excluding hydrogens is 584 g/mol. The van der Waals surface area contributed by atoms with Crippen LogP contribution in [0.4, 0.5) is 0 Å². The molecule has 12 heteroatoms. The van der Waals surface area contributed by atoms with Crippen molar-refractivity contribution in [2.24, 2.45) is 0 Å². The van der Waals surface area contributed by atoms with Crippen molar-refractivity contribution in [3.05, 3.63) is 64.8 Å². The van der Waals surface area contributed by atoms with Crippen LogP contribution in [0.15, 0.2) is 42.6 Å². The number of aryl methyl sites for hydroxylation is 1. The van der Waals surface area contributed by atoms with Crippen LogP contribution in [-0.2, 0) is 31.1 Å². The normalized spacial score (nSPS) is 31.6. The fourth-order valence-corrected chi connectivity index (χ4v) is 7.54. The third kappa shape index (κ3) is 5.49. The molecule has 45 heavy (non-hydrogen) atoms. The number of hydrogen-bond donors (Lipinski definition) is 5. The number of esters is 1. The fraction of sp³-hybridized carbons (Fsp3) is 0.515. The van der Waals surface area contributed by atoms with Crippen LogP contribution in [-0.4, -0.2) is 98.8 Å². The molecule has 242 valence electrons. The fourth-order valence-electron chi connectivity index (χ4n) is 7.54. The van der Waals surface area contributed by atoms with E-state index in [4.69, 9.17) is 18.9 Å². The van der Waals surface area contributed by atoms with E-state index in [-0.39, 0.29) is 23.2 Å². The second-order valence-electron chi connectivity index (χ2n) is 12.2. The zero-order chi connectivity index (χ0) is 32.0. The van der Waals surface area contributed by atoms with Crippen LogP contribution in [0.3, 0.4) is 0 Å². The molecule has 2 bridgehead atoms. The van der Waals surface area contributed by atoms with Crippen molar-refractivity contribution in [1.82, 2.24) is 9.88 Å². The third-order valence-corrected chi connectivity index (χ3v) is 9.74. The number of aliphatic carboxylic acids is 1.